The molecule has 1 amide bonds. The third kappa shape index (κ3) is 4.22. The van der Waals surface area contributed by atoms with Crippen LogP contribution >= 0.6 is 27.5 Å². The second kappa shape index (κ2) is 6.13. The van der Waals surface area contributed by atoms with Gasteiger partial charge in [0.1, 0.15) is 0 Å². The molecule has 0 aliphatic carbocycles. The lowest BCUT2D eigenvalue weighted by Gasteiger charge is -2.08. The molecule has 0 aliphatic heterocycles. The van der Waals surface area contributed by atoms with Crippen molar-refractivity contribution in [2.24, 2.45) is 0 Å². The Morgan fingerprint density at radius 2 is 2.07 bits per heavy atom. The molecule has 15 heavy (non-hydrogen) atoms. The molecule has 1 unspecified atom stereocenters. The van der Waals surface area contributed by atoms with Gasteiger partial charge in [0.15, 0.2) is 0 Å². The molecule has 0 heterocycles. The summed E-state index contributed by atoms with van der Waals surface area (Å²) < 4.78 is 0. The van der Waals surface area contributed by atoms with Gasteiger partial charge in [-0.15, -0.1) is 0 Å². The van der Waals surface area contributed by atoms with Crippen molar-refractivity contribution in [3.8, 4) is 0 Å². The van der Waals surface area contributed by atoms with Gasteiger partial charge in [-0.1, -0.05) is 34.5 Å². The van der Waals surface area contributed by atoms with Gasteiger partial charge in [0.05, 0.1) is 0 Å². The molecular weight excluding hydrogens is 277 g/mol. The van der Waals surface area contributed by atoms with E-state index >= 15 is 0 Å². The summed E-state index contributed by atoms with van der Waals surface area (Å²) in [6.45, 7) is 2.70. The van der Waals surface area contributed by atoms with Gasteiger partial charge in [-0.3, -0.25) is 4.79 Å². The summed E-state index contributed by atoms with van der Waals surface area (Å²) >= 11 is 9.18. The Morgan fingerprint density at radius 3 is 2.60 bits per heavy atom. The van der Waals surface area contributed by atoms with E-state index in [9.17, 15) is 4.79 Å². The Labute approximate surface area is 103 Å². The maximum Gasteiger partial charge on any atom is 0.251 e. The molecular formula is C11H13BrClNO. The van der Waals surface area contributed by atoms with Crippen LogP contribution in [0, 0.1) is 0 Å². The van der Waals surface area contributed by atoms with Crippen molar-refractivity contribution in [2.75, 3.05) is 6.54 Å². The molecule has 0 fully saturated rings. The Morgan fingerprint density at radius 1 is 1.47 bits per heavy atom. The average Bonchev–Trinajstić information content (AvgIpc) is 2.26. The van der Waals surface area contributed by atoms with E-state index in [1.54, 1.807) is 24.3 Å². The summed E-state index contributed by atoms with van der Waals surface area (Å²) in [4.78, 5) is 11.9. The predicted molar refractivity (Wildman–Crippen MR) is 66.8 cm³/mol. The Kier molecular flexibility index (Phi) is 5.12. The molecule has 0 aromatic heterocycles. The molecule has 4 heteroatoms. The molecule has 1 atom stereocenters. The van der Waals surface area contributed by atoms with Gasteiger partial charge in [-0.2, -0.15) is 0 Å². The van der Waals surface area contributed by atoms with Crippen LogP contribution in [-0.2, 0) is 0 Å². The van der Waals surface area contributed by atoms with Gasteiger partial charge in [-0.25, -0.2) is 0 Å². The van der Waals surface area contributed by atoms with Crippen molar-refractivity contribution in [1.82, 2.24) is 5.32 Å². The van der Waals surface area contributed by atoms with E-state index in [4.69, 9.17) is 11.6 Å². The molecule has 0 spiro atoms. The summed E-state index contributed by atoms with van der Waals surface area (Å²) in [6.07, 6.45) is 0.987. The number of nitrogens with one attached hydrogen (secondary N) is 1. The van der Waals surface area contributed by atoms with Crippen molar-refractivity contribution in [3.05, 3.63) is 34.9 Å². The highest BCUT2D eigenvalue weighted by molar-refractivity contribution is 9.09. The van der Waals surface area contributed by atoms with Gasteiger partial charge in [-0.05, 0) is 30.7 Å². The smallest absolute Gasteiger partial charge is 0.251 e. The van der Waals surface area contributed by atoms with Crippen LogP contribution in [0.2, 0.25) is 5.02 Å². The van der Waals surface area contributed by atoms with Crippen LogP contribution in [0.1, 0.15) is 23.7 Å². The Bertz CT molecular complexity index is 326. The average molecular weight is 291 g/mol. The van der Waals surface area contributed by atoms with Gasteiger partial charge in [0.25, 0.3) is 5.91 Å². The number of hydrogen-bond donors (Lipinski definition) is 1. The van der Waals surface area contributed by atoms with Gasteiger partial charge >= 0.3 is 0 Å². The van der Waals surface area contributed by atoms with E-state index in [0.29, 0.717) is 22.0 Å². The molecule has 1 aromatic carbocycles. The molecule has 2 nitrogen and oxygen atoms in total. The normalized spacial score (nSPS) is 12.2. The third-order valence-electron chi connectivity index (χ3n) is 2.03. The van der Waals surface area contributed by atoms with E-state index in [1.165, 1.54) is 0 Å². The van der Waals surface area contributed by atoms with E-state index in [0.717, 1.165) is 6.42 Å². The molecule has 1 N–H and O–H groups in total. The van der Waals surface area contributed by atoms with E-state index in [1.807, 2.05) is 0 Å². The predicted octanol–water partition coefficient (Wildman–Crippen LogP) is 3.24. The SMILES string of the molecule is CCC(Br)CNC(=O)c1ccc(Cl)cc1. The lowest BCUT2D eigenvalue weighted by atomic mass is 10.2. The van der Waals surface area contributed by atoms with Crippen LogP contribution in [0.25, 0.3) is 0 Å². The number of benzene rings is 1. The minimum Gasteiger partial charge on any atom is -0.351 e. The van der Waals surface area contributed by atoms with E-state index in [2.05, 4.69) is 28.2 Å². The third-order valence-corrected chi connectivity index (χ3v) is 3.26. The second-order valence-corrected chi connectivity index (χ2v) is 4.95. The van der Waals surface area contributed by atoms with Crippen LogP contribution < -0.4 is 5.32 Å². The highest BCUT2D eigenvalue weighted by Gasteiger charge is 2.06. The molecule has 0 saturated heterocycles. The summed E-state index contributed by atoms with van der Waals surface area (Å²) in [5.41, 5.74) is 0.634. The lowest BCUT2D eigenvalue weighted by Crippen LogP contribution is -2.29. The van der Waals surface area contributed by atoms with Crippen LogP contribution in [0.5, 0.6) is 0 Å². The van der Waals surface area contributed by atoms with Gasteiger partial charge < -0.3 is 5.32 Å². The molecule has 1 aromatic rings. The first-order valence-electron chi connectivity index (χ1n) is 4.81. The number of hydrogen-bond acceptors (Lipinski definition) is 1. The summed E-state index contributed by atoms with van der Waals surface area (Å²) in [5, 5.41) is 3.48. The summed E-state index contributed by atoms with van der Waals surface area (Å²) in [5.74, 6) is -0.0652. The topological polar surface area (TPSA) is 29.1 Å². The molecule has 0 aliphatic rings. The number of carbonyl (C=O) groups excluding carboxylic acids is 1. The zero-order chi connectivity index (χ0) is 11.3. The monoisotopic (exact) mass is 289 g/mol. The quantitative estimate of drug-likeness (QED) is 0.848. The van der Waals surface area contributed by atoms with Crippen LogP contribution in [0.4, 0.5) is 0 Å². The number of amides is 1. The zero-order valence-corrected chi connectivity index (χ0v) is 10.8. The van der Waals surface area contributed by atoms with Crippen molar-refractivity contribution >= 4 is 33.4 Å². The Balaban J connectivity index is 2.50. The van der Waals surface area contributed by atoms with Gasteiger partial charge in [0.2, 0.25) is 0 Å². The second-order valence-electron chi connectivity index (χ2n) is 3.22. The highest BCUT2D eigenvalue weighted by atomic mass is 79.9. The standard InChI is InChI=1S/C11H13BrClNO/c1-2-9(12)7-14-11(15)8-3-5-10(13)6-4-8/h3-6,9H,2,7H2,1H3,(H,14,15). The van der Waals surface area contributed by atoms with Crippen molar-refractivity contribution in [3.63, 3.8) is 0 Å². The largest absolute Gasteiger partial charge is 0.351 e. The van der Waals surface area contributed by atoms with E-state index < -0.39 is 0 Å². The lowest BCUT2D eigenvalue weighted by molar-refractivity contribution is 0.0954. The highest BCUT2D eigenvalue weighted by Crippen LogP contribution is 2.09. The number of halogens is 2. The molecule has 82 valence electrons. The fourth-order valence-corrected chi connectivity index (χ4v) is 1.34. The first-order chi connectivity index (χ1) is 7.13. The summed E-state index contributed by atoms with van der Waals surface area (Å²) in [6, 6.07) is 6.85. The maximum atomic E-state index is 11.6. The first-order valence-corrected chi connectivity index (χ1v) is 6.10. The number of alkyl halides is 1. The van der Waals surface area contributed by atoms with Crippen LogP contribution in [0.3, 0.4) is 0 Å². The molecule has 0 radical (unpaired) electrons. The van der Waals surface area contributed by atoms with Crippen LogP contribution in [0.15, 0.2) is 24.3 Å². The summed E-state index contributed by atoms with van der Waals surface area (Å²) in [7, 11) is 0. The molecule has 0 bridgehead atoms. The van der Waals surface area contributed by atoms with Crippen molar-refractivity contribution in [1.29, 1.82) is 0 Å². The molecule has 0 saturated carbocycles. The minimum atomic E-state index is -0.0652. The van der Waals surface area contributed by atoms with Crippen LogP contribution in [-0.4, -0.2) is 17.3 Å². The first kappa shape index (κ1) is 12.5. The fourth-order valence-electron chi connectivity index (χ4n) is 1.05. The minimum absolute atomic E-state index is 0.0652. The van der Waals surface area contributed by atoms with Gasteiger partial charge in [0, 0.05) is 22.0 Å². The Hall–Kier alpha value is -0.540. The zero-order valence-electron chi connectivity index (χ0n) is 8.47. The van der Waals surface area contributed by atoms with E-state index in [-0.39, 0.29) is 5.91 Å². The number of rotatable bonds is 4. The molecule has 1 rings (SSSR count). The van der Waals surface area contributed by atoms with Crippen molar-refractivity contribution < 1.29 is 4.79 Å². The fraction of sp³-hybridized carbons (Fsp3) is 0.364. The van der Waals surface area contributed by atoms with Crippen molar-refractivity contribution in [2.45, 2.75) is 18.2 Å². The maximum absolute atomic E-state index is 11.6. The number of carbonyl (C=O) groups is 1.